The summed E-state index contributed by atoms with van der Waals surface area (Å²) in [6, 6.07) is 26.0. The van der Waals surface area contributed by atoms with Crippen molar-refractivity contribution in [1.82, 2.24) is 0 Å². The number of hydrogen-bond donors (Lipinski definition) is 1. The van der Waals surface area contributed by atoms with Crippen LogP contribution in [-0.4, -0.2) is 36.7 Å². The molecule has 36 heavy (non-hydrogen) atoms. The van der Waals surface area contributed by atoms with E-state index in [4.69, 9.17) is 9.29 Å². The molecule has 4 nitrogen and oxygen atoms in total. The Kier molecular flexibility index (Phi) is 8.04. The first-order valence-corrected chi connectivity index (χ1v) is 12.1. The fourth-order valence-corrected chi connectivity index (χ4v) is 4.11. The largest absolute Gasteiger partial charge is 0.494 e. The van der Waals surface area contributed by atoms with E-state index in [9.17, 15) is 34.8 Å². The Hall–Kier alpha value is -3.05. The van der Waals surface area contributed by atoms with E-state index in [-0.39, 0.29) is 11.7 Å². The number of rotatable bonds is 11. The number of hydrogen-bond acceptors (Lipinski definition) is 3. The maximum Gasteiger partial charge on any atom is 0.437 e. The minimum Gasteiger partial charge on any atom is -0.494 e. The molecule has 0 aliphatic rings. The molecule has 0 atom stereocenters. The van der Waals surface area contributed by atoms with Gasteiger partial charge in [0.25, 0.3) is 0 Å². The maximum absolute atomic E-state index is 13.8. The molecule has 1 N–H and O–H groups in total. The van der Waals surface area contributed by atoms with Crippen molar-refractivity contribution >= 4 is 10.1 Å². The zero-order valence-corrected chi connectivity index (χ0v) is 19.4. The van der Waals surface area contributed by atoms with Gasteiger partial charge < -0.3 is 4.74 Å². The monoisotopic (exact) mass is 532 g/mol. The van der Waals surface area contributed by atoms with Crippen LogP contribution in [0.3, 0.4) is 0 Å². The van der Waals surface area contributed by atoms with E-state index in [0.29, 0.717) is 0 Å². The molecule has 0 bridgehead atoms. The summed E-state index contributed by atoms with van der Waals surface area (Å²) in [7, 11) is -6.76. The van der Waals surface area contributed by atoms with Crippen LogP contribution < -0.4 is 4.74 Å². The number of alkyl halides is 6. The summed E-state index contributed by atoms with van der Waals surface area (Å²) < 4.78 is 116. The highest BCUT2D eigenvalue weighted by Gasteiger charge is 2.76. The van der Waals surface area contributed by atoms with Crippen LogP contribution in [0.5, 0.6) is 5.75 Å². The van der Waals surface area contributed by atoms with Crippen LogP contribution in [0.15, 0.2) is 84.9 Å². The van der Waals surface area contributed by atoms with Crippen molar-refractivity contribution in [3.8, 4) is 5.75 Å². The summed E-state index contributed by atoms with van der Waals surface area (Å²) in [6.45, 7) is -0.525. The third kappa shape index (κ3) is 5.67. The van der Waals surface area contributed by atoms with E-state index in [0.717, 1.165) is 16.7 Å². The van der Waals surface area contributed by atoms with Crippen LogP contribution in [0.1, 0.15) is 35.4 Å². The highest BCUT2D eigenvalue weighted by atomic mass is 32.2. The molecule has 0 fully saturated rings. The molecule has 11 heteroatoms. The first-order valence-electron chi connectivity index (χ1n) is 10.7. The van der Waals surface area contributed by atoms with E-state index in [2.05, 4.69) is 0 Å². The van der Waals surface area contributed by atoms with Gasteiger partial charge in [-0.15, -0.1) is 0 Å². The van der Waals surface area contributed by atoms with Gasteiger partial charge in [-0.1, -0.05) is 72.8 Å². The molecular weight excluding hydrogens is 510 g/mol. The molecule has 0 spiro atoms. The highest BCUT2D eigenvalue weighted by Crippen LogP contribution is 2.49. The molecule has 0 heterocycles. The zero-order chi connectivity index (χ0) is 26.6. The van der Waals surface area contributed by atoms with E-state index in [1.54, 1.807) is 24.3 Å². The molecule has 0 aliphatic heterocycles. The summed E-state index contributed by atoms with van der Waals surface area (Å²) in [4.78, 5) is 0. The first kappa shape index (κ1) is 27.5. The number of ether oxygens (including phenoxy) is 1. The van der Waals surface area contributed by atoms with Crippen molar-refractivity contribution in [2.75, 3.05) is 6.61 Å². The summed E-state index contributed by atoms with van der Waals surface area (Å²) in [5, 5.41) is -6.35. The molecule has 194 valence electrons. The molecule has 3 aromatic rings. The fraction of sp³-hybridized carbons (Fsp3) is 0.280. The maximum atomic E-state index is 13.8. The summed E-state index contributed by atoms with van der Waals surface area (Å²) in [6.07, 6.45) is -2.59. The van der Waals surface area contributed by atoms with Gasteiger partial charge in [0.2, 0.25) is 0 Å². The minimum absolute atomic E-state index is 0.105. The molecule has 3 aromatic carbocycles. The van der Waals surface area contributed by atoms with Gasteiger partial charge in [0, 0.05) is 12.3 Å². The Morgan fingerprint density at radius 2 is 1.17 bits per heavy atom. The second kappa shape index (κ2) is 10.5. The lowest BCUT2D eigenvalue weighted by molar-refractivity contribution is -0.283. The van der Waals surface area contributed by atoms with Crippen LogP contribution >= 0.6 is 0 Å². The number of halogens is 6. The summed E-state index contributed by atoms with van der Waals surface area (Å²) in [5.41, 5.74) is 2.96. The van der Waals surface area contributed by atoms with Gasteiger partial charge in [-0.2, -0.15) is 34.8 Å². The summed E-state index contributed by atoms with van der Waals surface area (Å²) in [5.74, 6) is -11.6. The van der Waals surface area contributed by atoms with Gasteiger partial charge in [-0.25, -0.2) is 0 Å². The van der Waals surface area contributed by atoms with Gasteiger partial charge in [0.1, 0.15) is 5.75 Å². The zero-order valence-electron chi connectivity index (χ0n) is 18.6. The van der Waals surface area contributed by atoms with E-state index < -0.39 is 46.7 Å². The van der Waals surface area contributed by atoms with Crippen molar-refractivity contribution in [1.29, 1.82) is 0 Å². The van der Waals surface area contributed by atoms with E-state index in [1.807, 2.05) is 60.7 Å². The molecule has 0 aliphatic carbocycles. The third-order valence-corrected chi connectivity index (χ3v) is 6.44. The van der Waals surface area contributed by atoms with Crippen LogP contribution in [0, 0.1) is 0 Å². The SMILES string of the molecule is O=S(=O)(O)C(F)(F)C(F)(F)C(F)(F)CCCOc1ccc(C(c2ccccc2)c2ccccc2)cc1. The standard InChI is InChI=1S/C25H22F6O4S/c26-23(27,24(28,29)25(30,31)36(32,33)34)16-7-17-35-21-14-12-20(13-15-21)22(18-8-3-1-4-9-18)19-10-5-2-6-11-19/h1-6,8-15,22H,7,16-17H2,(H,32,33,34). The molecule has 3 rings (SSSR count). The lowest BCUT2D eigenvalue weighted by Crippen LogP contribution is -2.57. The quantitative estimate of drug-likeness (QED) is 0.128. The van der Waals surface area contributed by atoms with E-state index >= 15 is 0 Å². The van der Waals surface area contributed by atoms with Crippen LogP contribution in [0.4, 0.5) is 26.3 Å². The van der Waals surface area contributed by atoms with E-state index in [1.165, 1.54) is 0 Å². The van der Waals surface area contributed by atoms with Gasteiger partial charge in [-0.05, 0) is 35.2 Å². The summed E-state index contributed by atoms with van der Waals surface area (Å²) >= 11 is 0. The average molecular weight is 533 g/mol. The molecule has 0 radical (unpaired) electrons. The molecule has 0 unspecified atom stereocenters. The smallest absolute Gasteiger partial charge is 0.437 e. The minimum atomic E-state index is -6.76. The lowest BCUT2D eigenvalue weighted by atomic mass is 9.85. The second-order valence-electron chi connectivity index (χ2n) is 8.05. The molecular formula is C25H22F6O4S. The highest BCUT2D eigenvalue weighted by molar-refractivity contribution is 7.87. The lowest BCUT2D eigenvalue weighted by Gasteiger charge is -2.30. The average Bonchev–Trinajstić information content (AvgIpc) is 2.83. The first-order chi connectivity index (χ1) is 16.8. The predicted molar refractivity (Wildman–Crippen MR) is 121 cm³/mol. The number of benzene rings is 3. The van der Waals surface area contributed by atoms with Crippen molar-refractivity contribution in [2.45, 2.75) is 35.9 Å². The topological polar surface area (TPSA) is 63.6 Å². The second-order valence-corrected chi connectivity index (χ2v) is 9.51. The Balaban J connectivity index is 1.66. The van der Waals surface area contributed by atoms with Gasteiger partial charge in [0.15, 0.2) is 0 Å². The Bertz CT molecular complexity index is 1200. The fourth-order valence-electron chi connectivity index (χ4n) is 3.64. The third-order valence-electron chi connectivity index (χ3n) is 5.53. The molecule has 0 saturated heterocycles. The van der Waals surface area contributed by atoms with Crippen molar-refractivity contribution < 1.29 is 44.0 Å². The van der Waals surface area contributed by atoms with Gasteiger partial charge in [0.05, 0.1) is 6.61 Å². The van der Waals surface area contributed by atoms with Crippen molar-refractivity contribution in [2.24, 2.45) is 0 Å². The molecule has 0 aromatic heterocycles. The van der Waals surface area contributed by atoms with Crippen LogP contribution in [0.2, 0.25) is 0 Å². The molecule has 0 amide bonds. The van der Waals surface area contributed by atoms with Crippen LogP contribution in [0.25, 0.3) is 0 Å². The Morgan fingerprint density at radius 3 is 1.61 bits per heavy atom. The van der Waals surface area contributed by atoms with Gasteiger partial charge in [-0.3, -0.25) is 4.55 Å². The van der Waals surface area contributed by atoms with Crippen molar-refractivity contribution in [3.05, 3.63) is 102 Å². The Labute approximate surface area is 204 Å². The normalized spacial score (nSPS) is 13.1. The predicted octanol–water partition coefficient (Wildman–Crippen LogP) is 6.78. The van der Waals surface area contributed by atoms with Crippen LogP contribution in [-0.2, 0) is 10.1 Å². The molecule has 0 saturated carbocycles. The van der Waals surface area contributed by atoms with Crippen molar-refractivity contribution in [3.63, 3.8) is 0 Å². The Morgan fingerprint density at radius 1 is 0.722 bits per heavy atom. The van der Waals surface area contributed by atoms with Gasteiger partial charge >= 0.3 is 27.2 Å².